The minimum absolute atomic E-state index is 0.435. The predicted molar refractivity (Wildman–Crippen MR) is 41.9 cm³/mol. The van der Waals surface area contributed by atoms with Gasteiger partial charge in [-0.2, -0.15) is 0 Å². The second-order valence-corrected chi connectivity index (χ2v) is 3.43. The number of ketones is 1. The molecule has 0 unspecified atom stereocenters. The van der Waals surface area contributed by atoms with Gasteiger partial charge in [0.05, 0.1) is 0 Å². The first kappa shape index (κ1) is 7.77. The van der Waals surface area contributed by atoms with Gasteiger partial charge in [-0.3, -0.25) is 4.79 Å². The number of rotatable bonds is 0. The van der Waals surface area contributed by atoms with E-state index in [1.807, 2.05) is 0 Å². The van der Waals surface area contributed by atoms with Gasteiger partial charge in [0.2, 0.25) is 0 Å². The molecule has 0 aliphatic heterocycles. The first-order valence-electron chi connectivity index (χ1n) is 4.31. The fourth-order valence-corrected chi connectivity index (χ4v) is 0.933. The monoisotopic (exact) mass is 140 g/mol. The second kappa shape index (κ2) is 3.75. The molecule has 2 saturated carbocycles. The van der Waals surface area contributed by atoms with Crippen LogP contribution in [-0.2, 0) is 4.79 Å². The Balaban J connectivity index is 0.0000001000. The molecule has 1 nitrogen and oxygen atoms in total. The number of carbonyl (C=O) groups excluding carboxylic acids is 1. The molecule has 58 valence electrons. The van der Waals surface area contributed by atoms with Crippen LogP contribution in [0.5, 0.6) is 0 Å². The Bertz CT molecular complexity index is 108. The minimum Gasteiger partial charge on any atom is -0.300 e. The van der Waals surface area contributed by atoms with E-state index in [0.717, 1.165) is 25.2 Å². The first-order chi connectivity index (χ1) is 4.79. The van der Waals surface area contributed by atoms with Crippen LogP contribution in [0.3, 0.4) is 0 Å². The molecule has 2 aliphatic rings. The van der Waals surface area contributed by atoms with Gasteiger partial charge in [-0.25, -0.2) is 0 Å². The van der Waals surface area contributed by atoms with Crippen molar-refractivity contribution < 1.29 is 4.79 Å². The van der Waals surface area contributed by atoms with Crippen LogP contribution in [0.25, 0.3) is 0 Å². The van der Waals surface area contributed by atoms with Crippen molar-refractivity contribution in [2.75, 3.05) is 0 Å². The summed E-state index contributed by atoms with van der Waals surface area (Å²) in [4.78, 5) is 9.90. The lowest BCUT2D eigenvalue weighted by Gasteiger charge is -2.18. The van der Waals surface area contributed by atoms with E-state index in [9.17, 15) is 4.79 Å². The van der Waals surface area contributed by atoms with Crippen molar-refractivity contribution in [2.24, 2.45) is 5.92 Å². The van der Waals surface area contributed by atoms with Crippen LogP contribution >= 0.6 is 0 Å². The number of hydrogen-bond donors (Lipinski definition) is 0. The van der Waals surface area contributed by atoms with E-state index in [1.54, 1.807) is 0 Å². The van der Waals surface area contributed by atoms with E-state index in [4.69, 9.17) is 0 Å². The Morgan fingerprint density at radius 2 is 1.60 bits per heavy atom. The highest BCUT2D eigenvalue weighted by Gasteiger charge is 2.09. The molecule has 0 atom stereocenters. The minimum atomic E-state index is 0.435. The van der Waals surface area contributed by atoms with Crippen LogP contribution in [0.15, 0.2) is 0 Å². The summed E-state index contributed by atoms with van der Waals surface area (Å²) in [5.74, 6) is 1.50. The summed E-state index contributed by atoms with van der Waals surface area (Å²) in [6, 6.07) is 0. The summed E-state index contributed by atoms with van der Waals surface area (Å²) in [6.07, 6.45) is 7.29. The molecule has 0 heterocycles. The van der Waals surface area contributed by atoms with Gasteiger partial charge in [0.1, 0.15) is 5.78 Å². The fraction of sp³-hybridized carbons (Fsp3) is 0.889. The quantitative estimate of drug-likeness (QED) is 0.505. The van der Waals surface area contributed by atoms with Gasteiger partial charge in [-0.05, 0) is 12.3 Å². The van der Waals surface area contributed by atoms with E-state index in [1.165, 1.54) is 19.3 Å². The second-order valence-electron chi connectivity index (χ2n) is 3.43. The summed E-state index contributed by atoms with van der Waals surface area (Å²) < 4.78 is 0. The topological polar surface area (TPSA) is 17.1 Å². The lowest BCUT2D eigenvalue weighted by molar-refractivity contribution is -0.123. The summed E-state index contributed by atoms with van der Waals surface area (Å²) in [5, 5.41) is 0. The molecule has 0 bridgehead atoms. The van der Waals surface area contributed by atoms with E-state index in [-0.39, 0.29) is 0 Å². The summed E-state index contributed by atoms with van der Waals surface area (Å²) in [5.41, 5.74) is 0. The molecule has 0 aromatic heterocycles. The van der Waals surface area contributed by atoms with Gasteiger partial charge in [0.25, 0.3) is 0 Å². The van der Waals surface area contributed by atoms with Crippen LogP contribution in [0.1, 0.15) is 45.4 Å². The van der Waals surface area contributed by atoms with Gasteiger partial charge in [-0.1, -0.05) is 26.2 Å². The maximum atomic E-state index is 9.90. The van der Waals surface area contributed by atoms with Crippen molar-refractivity contribution in [1.29, 1.82) is 0 Å². The van der Waals surface area contributed by atoms with E-state index in [0.29, 0.717) is 5.78 Å². The third-order valence-electron chi connectivity index (χ3n) is 2.31. The number of Topliss-reactive ketones (excluding diaryl/α,β-unsaturated/α-hetero) is 1. The Kier molecular flexibility index (Phi) is 2.91. The zero-order valence-electron chi connectivity index (χ0n) is 6.73. The zero-order chi connectivity index (χ0) is 7.40. The smallest absolute Gasteiger partial charge is 0.132 e. The Morgan fingerprint density at radius 1 is 1.20 bits per heavy atom. The van der Waals surface area contributed by atoms with Crippen LogP contribution in [0.2, 0.25) is 0 Å². The van der Waals surface area contributed by atoms with Gasteiger partial charge in [0, 0.05) is 12.8 Å². The Morgan fingerprint density at radius 3 is 1.60 bits per heavy atom. The molecule has 1 heteroatoms. The normalized spacial score (nSPS) is 23.9. The highest BCUT2D eigenvalue weighted by molar-refractivity contribution is 5.83. The molecule has 0 amide bonds. The SMILES string of the molecule is CC1CCC1.O=C1CCC1. The molecule has 10 heavy (non-hydrogen) atoms. The molecule has 2 rings (SSSR count). The average molecular weight is 140 g/mol. The maximum Gasteiger partial charge on any atom is 0.132 e. The maximum absolute atomic E-state index is 9.90. The zero-order valence-corrected chi connectivity index (χ0v) is 6.73. The van der Waals surface area contributed by atoms with E-state index in [2.05, 4.69) is 6.92 Å². The number of carbonyl (C=O) groups is 1. The molecule has 0 saturated heterocycles. The highest BCUT2D eigenvalue weighted by Crippen LogP contribution is 2.24. The molecule has 2 aliphatic carbocycles. The third kappa shape index (κ3) is 2.51. The Hall–Kier alpha value is -0.330. The molecule has 0 radical (unpaired) electrons. The van der Waals surface area contributed by atoms with Crippen LogP contribution < -0.4 is 0 Å². The standard InChI is InChI=1S/C5H10.C4H6O/c1-5-3-2-4-5;5-4-2-1-3-4/h5H,2-4H2,1H3;1-3H2. The summed E-state index contributed by atoms with van der Waals surface area (Å²) in [7, 11) is 0. The predicted octanol–water partition coefficient (Wildman–Crippen LogP) is 2.55. The van der Waals surface area contributed by atoms with Gasteiger partial charge in [0.15, 0.2) is 0 Å². The molecule has 0 aromatic rings. The fourth-order valence-electron chi connectivity index (χ4n) is 0.933. The van der Waals surface area contributed by atoms with Gasteiger partial charge in [-0.15, -0.1) is 0 Å². The number of hydrogen-bond acceptors (Lipinski definition) is 1. The third-order valence-corrected chi connectivity index (χ3v) is 2.31. The molecule has 0 N–H and O–H groups in total. The van der Waals surface area contributed by atoms with Crippen molar-refractivity contribution in [2.45, 2.75) is 45.4 Å². The Labute approximate surface area is 62.8 Å². The van der Waals surface area contributed by atoms with Crippen molar-refractivity contribution in [3.8, 4) is 0 Å². The van der Waals surface area contributed by atoms with Crippen molar-refractivity contribution in [1.82, 2.24) is 0 Å². The van der Waals surface area contributed by atoms with E-state index < -0.39 is 0 Å². The highest BCUT2D eigenvalue weighted by atomic mass is 16.1. The summed E-state index contributed by atoms with van der Waals surface area (Å²) in [6.45, 7) is 2.31. The largest absolute Gasteiger partial charge is 0.300 e. The van der Waals surface area contributed by atoms with Crippen LogP contribution in [-0.4, -0.2) is 5.78 Å². The van der Waals surface area contributed by atoms with Crippen molar-refractivity contribution in [3.05, 3.63) is 0 Å². The van der Waals surface area contributed by atoms with Crippen molar-refractivity contribution >= 4 is 5.78 Å². The van der Waals surface area contributed by atoms with Crippen LogP contribution in [0, 0.1) is 5.92 Å². The molecular weight excluding hydrogens is 124 g/mol. The van der Waals surface area contributed by atoms with Crippen molar-refractivity contribution in [3.63, 3.8) is 0 Å². The van der Waals surface area contributed by atoms with Crippen LogP contribution in [0.4, 0.5) is 0 Å². The van der Waals surface area contributed by atoms with Gasteiger partial charge < -0.3 is 0 Å². The summed E-state index contributed by atoms with van der Waals surface area (Å²) >= 11 is 0. The molecule has 0 spiro atoms. The molecular formula is C9H16O. The van der Waals surface area contributed by atoms with E-state index >= 15 is 0 Å². The molecule has 0 aromatic carbocycles. The van der Waals surface area contributed by atoms with Gasteiger partial charge >= 0.3 is 0 Å². The lowest BCUT2D eigenvalue weighted by Crippen LogP contribution is -2.07. The first-order valence-corrected chi connectivity index (χ1v) is 4.31. The average Bonchev–Trinajstić information content (AvgIpc) is 1.80. The lowest BCUT2D eigenvalue weighted by atomic mass is 9.88. The molecule has 2 fully saturated rings.